The number of aromatic carboxylic acids is 1. The molecule has 3 aromatic rings. The highest BCUT2D eigenvalue weighted by atomic mass is 32.2. The van der Waals surface area contributed by atoms with Gasteiger partial charge in [-0.1, -0.05) is 36.4 Å². The number of nitrogens with one attached hydrogen (secondary N) is 1. The highest BCUT2D eigenvalue weighted by Gasteiger charge is 2.34. The van der Waals surface area contributed by atoms with Gasteiger partial charge in [0.15, 0.2) is 5.17 Å². The molecule has 0 radical (unpaired) electrons. The van der Waals surface area contributed by atoms with Crippen LogP contribution in [0.25, 0.3) is 17.4 Å². The molecule has 0 bridgehead atoms. The number of anilines is 1. The fraction of sp³-hybridized carbons (Fsp3) is 0.0870. The summed E-state index contributed by atoms with van der Waals surface area (Å²) in [5.74, 6) is -0.837. The summed E-state index contributed by atoms with van der Waals surface area (Å²) >= 11 is 1.06. The van der Waals surface area contributed by atoms with Crippen LogP contribution in [0.2, 0.25) is 0 Å². The Hall–Kier alpha value is -3.58. The molecule has 2 aromatic carbocycles. The van der Waals surface area contributed by atoms with Crippen molar-refractivity contribution in [3.63, 3.8) is 0 Å². The molecule has 1 aliphatic heterocycles. The number of benzene rings is 2. The topological polar surface area (TPSA) is 97.4 Å². The number of carboxylic acid groups (broad SMARTS) is 1. The van der Waals surface area contributed by atoms with E-state index in [1.165, 1.54) is 11.0 Å². The van der Waals surface area contributed by atoms with Crippen LogP contribution < -0.4 is 10.0 Å². The fourth-order valence-corrected chi connectivity index (χ4v) is 4.08. The van der Waals surface area contributed by atoms with E-state index in [1.54, 1.807) is 36.4 Å². The van der Waals surface area contributed by atoms with Crippen molar-refractivity contribution in [3.05, 3.63) is 82.0 Å². The number of rotatable bonds is 4. The second kappa shape index (κ2) is 7.68. The van der Waals surface area contributed by atoms with Crippen molar-refractivity contribution in [2.75, 3.05) is 4.90 Å². The lowest BCUT2D eigenvalue weighted by Gasteiger charge is -2.17. The minimum atomic E-state index is -1.29. The van der Waals surface area contributed by atoms with Crippen LogP contribution in [0, 0.1) is 19.3 Å². The molecule has 0 spiro atoms. The highest BCUT2D eigenvalue weighted by Crippen LogP contribution is 2.37. The van der Waals surface area contributed by atoms with Crippen molar-refractivity contribution >= 4 is 40.6 Å². The number of aryl methyl sites for hydroxylation is 2. The number of amides is 1. The lowest BCUT2D eigenvalue weighted by atomic mass is 10.1. The Morgan fingerprint density at radius 2 is 1.90 bits per heavy atom. The molecule has 0 atom stereocenters. The van der Waals surface area contributed by atoms with E-state index in [9.17, 15) is 14.7 Å². The van der Waals surface area contributed by atoms with E-state index < -0.39 is 5.97 Å². The van der Waals surface area contributed by atoms with Crippen molar-refractivity contribution in [1.29, 1.82) is 5.41 Å². The summed E-state index contributed by atoms with van der Waals surface area (Å²) in [5, 5.41) is 19.7. The molecular formula is C23H17N2O4S-. The average molecular weight is 417 g/mol. The van der Waals surface area contributed by atoms with Gasteiger partial charge in [-0.05, 0) is 54.9 Å². The Bertz CT molecular complexity index is 1230. The lowest BCUT2D eigenvalue weighted by molar-refractivity contribution is -0.254. The SMILES string of the molecule is Cc1ccc(C)c(N2C(=N)SC(=Cc3ccc(-c4ccccc4C(=O)[O-])o3)C2=O)c1. The van der Waals surface area contributed by atoms with Crippen LogP contribution in [-0.2, 0) is 4.79 Å². The largest absolute Gasteiger partial charge is 0.545 e. The zero-order valence-electron chi connectivity index (χ0n) is 16.3. The number of carbonyl (C=O) groups excluding carboxylic acids is 2. The Morgan fingerprint density at radius 1 is 1.13 bits per heavy atom. The molecule has 30 heavy (non-hydrogen) atoms. The molecule has 1 aliphatic rings. The standard InChI is InChI=1S/C23H18N2O4S/c1-13-7-8-14(2)18(11-13)25-21(26)20(30-23(25)24)12-15-9-10-19(29-15)16-5-3-4-6-17(16)22(27)28/h3-12,24H,1-2H3,(H,27,28)/p-1. The maximum Gasteiger partial charge on any atom is 0.271 e. The summed E-state index contributed by atoms with van der Waals surface area (Å²) in [6.07, 6.45) is 1.57. The first kappa shape index (κ1) is 19.7. The Balaban J connectivity index is 1.66. The molecule has 7 heteroatoms. The zero-order chi connectivity index (χ0) is 21.4. The third-order valence-electron chi connectivity index (χ3n) is 4.74. The molecule has 2 heterocycles. The predicted octanol–water partition coefficient (Wildman–Crippen LogP) is 3.98. The molecule has 1 N–H and O–H groups in total. The van der Waals surface area contributed by atoms with Gasteiger partial charge in [0, 0.05) is 17.2 Å². The third kappa shape index (κ3) is 3.55. The Kier molecular flexibility index (Phi) is 5.05. The smallest absolute Gasteiger partial charge is 0.271 e. The van der Waals surface area contributed by atoms with Gasteiger partial charge in [0.2, 0.25) is 0 Å². The summed E-state index contributed by atoms with van der Waals surface area (Å²) in [4.78, 5) is 26.1. The number of amidine groups is 1. The summed E-state index contributed by atoms with van der Waals surface area (Å²) in [6, 6.07) is 15.5. The number of hydrogen-bond acceptors (Lipinski definition) is 6. The highest BCUT2D eigenvalue weighted by molar-refractivity contribution is 8.19. The molecule has 1 amide bonds. The van der Waals surface area contributed by atoms with E-state index in [0.29, 0.717) is 27.7 Å². The quantitative estimate of drug-likeness (QED) is 0.648. The van der Waals surface area contributed by atoms with Gasteiger partial charge in [-0.25, -0.2) is 0 Å². The van der Waals surface area contributed by atoms with E-state index in [4.69, 9.17) is 9.83 Å². The molecule has 6 nitrogen and oxygen atoms in total. The Morgan fingerprint density at radius 3 is 2.67 bits per heavy atom. The summed E-state index contributed by atoms with van der Waals surface area (Å²) in [7, 11) is 0. The van der Waals surface area contributed by atoms with E-state index in [-0.39, 0.29) is 16.6 Å². The normalized spacial score (nSPS) is 15.3. The zero-order valence-corrected chi connectivity index (χ0v) is 17.1. The van der Waals surface area contributed by atoms with E-state index in [1.807, 2.05) is 32.0 Å². The number of furan rings is 1. The van der Waals surface area contributed by atoms with Crippen molar-refractivity contribution in [1.82, 2.24) is 0 Å². The maximum absolute atomic E-state index is 13.0. The monoisotopic (exact) mass is 417 g/mol. The van der Waals surface area contributed by atoms with E-state index in [2.05, 4.69) is 0 Å². The molecule has 0 unspecified atom stereocenters. The molecule has 4 rings (SSSR count). The number of thioether (sulfide) groups is 1. The van der Waals surface area contributed by atoms with Crippen molar-refractivity contribution in [2.45, 2.75) is 13.8 Å². The van der Waals surface area contributed by atoms with Crippen molar-refractivity contribution < 1.29 is 19.1 Å². The summed E-state index contributed by atoms with van der Waals surface area (Å²) in [5.41, 5.74) is 3.02. The first-order valence-corrected chi connectivity index (χ1v) is 9.97. The average Bonchev–Trinajstić information content (AvgIpc) is 3.28. The van der Waals surface area contributed by atoms with E-state index in [0.717, 1.165) is 22.9 Å². The maximum atomic E-state index is 13.0. The van der Waals surface area contributed by atoms with Crippen molar-refractivity contribution in [2.24, 2.45) is 0 Å². The predicted molar refractivity (Wildman–Crippen MR) is 115 cm³/mol. The van der Waals surface area contributed by atoms with Crippen LogP contribution in [-0.4, -0.2) is 17.0 Å². The summed E-state index contributed by atoms with van der Waals surface area (Å²) in [6.45, 7) is 3.83. The van der Waals surface area contributed by atoms with Crippen LogP contribution in [0.5, 0.6) is 0 Å². The number of carboxylic acids is 1. The number of nitrogens with zero attached hydrogens (tertiary/aromatic N) is 1. The van der Waals surface area contributed by atoms with E-state index >= 15 is 0 Å². The first-order valence-electron chi connectivity index (χ1n) is 9.15. The van der Waals surface area contributed by atoms with Crippen LogP contribution in [0.15, 0.2) is 63.9 Å². The van der Waals surface area contributed by atoms with Gasteiger partial charge < -0.3 is 14.3 Å². The van der Waals surface area contributed by atoms with Crippen LogP contribution in [0.3, 0.4) is 0 Å². The molecule has 0 saturated carbocycles. The number of hydrogen-bond donors (Lipinski definition) is 1. The molecule has 1 fully saturated rings. The lowest BCUT2D eigenvalue weighted by Crippen LogP contribution is -2.28. The minimum Gasteiger partial charge on any atom is -0.545 e. The first-order chi connectivity index (χ1) is 14.3. The fourth-order valence-electron chi connectivity index (χ4n) is 3.25. The van der Waals surface area contributed by atoms with Crippen LogP contribution in [0.1, 0.15) is 27.2 Å². The molecule has 150 valence electrons. The number of carbonyl (C=O) groups is 2. The third-order valence-corrected chi connectivity index (χ3v) is 5.63. The van der Waals surface area contributed by atoms with Gasteiger partial charge in [0.1, 0.15) is 11.5 Å². The second-order valence-electron chi connectivity index (χ2n) is 6.88. The van der Waals surface area contributed by atoms with Crippen LogP contribution in [0.4, 0.5) is 5.69 Å². The minimum absolute atomic E-state index is 0.0280. The van der Waals surface area contributed by atoms with Gasteiger partial charge in [-0.15, -0.1) is 0 Å². The second-order valence-corrected chi connectivity index (χ2v) is 7.91. The van der Waals surface area contributed by atoms with Gasteiger partial charge in [-0.2, -0.15) is 0 Å². The van der Waals surface area contributed by atoms with Gasteiger partial charge in [0.05, 0.1) is 16.6 Å². The van der Waals surface area contributed by atoms with Crippen LogP contribution >= 0.6 is 11.8 Å². The summed E-state index contributed by atoms with van der Waals surface area (Å²) < 4.78 is 5.77. The van der Waals surface area contributed by atoms with Gasteiger partial charge >= 0.3 is 0 Å². The molecule has 1 aromatic heterocycles. The molecule has 0 aliphatic carbocycles. The Labute approximate surface area is 177 Å². The molecular weight excluding hydrogens is 400 g/mol. The van der Waals surface area contributed by atoms with Gasteiger partial charge in [-0.3, -0.25) is 15.1 Å². The van der Waals surface area contributed by atoms with Gasteiger partial charge in [0.25, 0.3) is 5.91 Å². The molecule has 1 saturated heterocycles. The van der Waals surface area contributed by atoms with Crippen molar-refractivity contribution in [3.8, 4) is 11.3 Å².